The molecule has 0 aliphatic carbocycles. The molecule has 0 bridgehead atoms. The molecule has 0 aliphatic heterocycles. The number of aryl methyl sites for hydroxylation is 1. The fraction of sp³-hybridized carbons (Fsp3) is 0.294. The number of hydrogen-bond donors (Lipinski definition) is 2. The van der Waals surface area contributed by atoms with E-state index in [0.717, 1.165) is 5.56 Å². The van der Waals surface area contributed by atoms with Gasteiger partial charge < -0.3 is 19.8 Å². The Kier molecular flexibility index (Phi) is 5.80. The Morgan fingerprint density at radius 3 is 2.78 bits per heavy atom. The predicted molar refractivity (Wildman–Crippen MR) is 86.6 cm³/mol. The summed E-state index contributed by atoms with van der Waals surface area (Å²) >= 11 is 0. The summed E-state index contributed by atoms with van der Waals surface area (Å²) in [5.41, 5.74) is 1.68. The molecule has 0 saturated carbocycles. The lowest BCUT2D eigenvalue weighted by molar-refractivity contribution is -0.116. The molecule has 0 radical (unpaired) electrons. The van der Waals surface area contributed by atoms with E-state index in [0.29, 0.717) is 30.8 Å². The maximum atomic E-state index is 12.0. The van der Waals surface area contributed by atoms with Gasteiger partial charge in [-0.1, -0.05) is 6.07 Å². The van der Waals surface area contributed by atoms with Crippen LogP contribution in [0, 0.1) is 6.92 Å². The molecule has 0 atom stereocenters. The molecular weight excluding hydrogens is 296 g/mol. The van der Waals surface area contributed by atoms with Gasteiger partial charge in [0.15, 0.2) is 5.76 Å². The molecule has 6 nitrogen and oxygen atoms in total. The second-order valence-electron chi connectivity index (χ2n) is 5.09. The minimum Gasteiger partial charge on any atom is -0.495 e. The first kappa shape index (κ1) is 16.6. The van der Waals surface area contributed by atoms with Crippen molar-refractivity contribution in [2.75, 3.05) is 19.0 Å². The number of hydrogen-bond acceptors (Lipinski definition) is 4. The number of amides is 2. The predicted octanol–water partition coefficient (Wildman–Crippen LogP) is 2.75. The van der Waals surface area contributed by atoms with E-state index >= 15 is 0 Å². The van der Waals surface area contributed by atoms with Gasteiger partial charge in [-0.15, -0.1) is 0 Å². The summed E-state index contributed by atoms with van der Waals surface area (Å²) in [5.74, 6) is 0.478. The highest BCUT2D eigenvalue weighted by molar-refractivity contribution is 5.93. The van der Waals surface area contributed by atoms with Gasteiger partial charge in [0.25, 0.3) is 5.91 Å². The van der Waals surface area contributed by atoms with E-state index < -0.39 is 0 Å². The van der Waals surface area contributed by atoms with Gasteiger partial charge >= 0.3 is 0 Å². The van der Waals surface area contributed by atoms with Crippen LogP contribution in [0.25, 0.3) is 0 Å². The van der Waals surface area contributed by atoms with Crippen molar-refractivity contribution < 1.29 is 18.7 Å². The van der Waals surface area contributed by atoms with E-state index in [9.17, 15) is 9.59 Å². The minimum absolute atomic E-state index is 0.124. The number of nitrogens with one attached hydrogen (secondary N) is 2. The molecule has 6 heteroatoms. The first-order valence-electron chi connectivity index (χ1n) is 7.36. The summed E-state index contributed by atoms with van der Waals surface area (Å²) < 4.78 is 10.2. The van der Waals surface area contributed by atoms with Crippen molar-refractivity contribution in [3.8, 4) is 5.75 Å². The number of benzene rings is 1. The highest BCUT2D eigenvalue weighted by atomic mass is 16.5. The zero-order chi connectivity index (χ0) is 16.7. The van der Waals surface area contributed by atoms with Crippen LogP contribution < -0.4 is 15.4 Å². The van der Waals surface area contributed by atoms with E-state index in [1.165, 1.54) is 6.26 Å². The Hall–Kier alpha value is -2.76. The second kappa shape index (κ2) is 8.03. The van der Waals surface area contributed by atoms with E-state index in [1.807, 2.05) is 25.1 Å². The van der Waals surface area contributed by atoms with Crippen LogP contribution in [0.3, 0.4) is 0 Å². The number of anilines is 1. The van der Waals surface area contributed by atoms with Gasteiger partial charge in [0.2, 0.25) is 5.91 Å². The fourth-order valence-electron chi connectivity index (χ4n) is 2.08. The first-order chi connectivity index (χ1) is 11.1. The Labute approximate surface area is 134 Å². The monoisotopic (exact) mass is 316 g/mol. The maximum absolute atomic E-state index is 12.0. The zero-order valence-electron chi connectivity index (χ0n) is 13.2. The standard InChI is InChI=1S/C17H20N2O4/c1-12-7-8-14(22-2)13(11-12)19-16(20)6-3-9-18-17(21)15-5-4-10-23-15/h4-5,7-8,10-11H,3,6,9H2,1-2H3,(H,18,21)(H,19,20). The van der Waals surface area contributed by atoms with E-state index in [-0.39, 0.29) is 17.6 Å². The summed E-state index contributed by atoms with van der Waals surface area (Å²) in [6.07, 6.45) is 2.28. The first-order valence-corrected chi connectivity index (χ1v) is 7.36. The Morgan fingerprint density at radius 1 is 1.26 bits per heavy atom. The maximum Gasteiger partial charge on any atom is 0.286 e. The van der Waals surface area contributed by atoms with Crippen LogP contribution in [0.15, 0.2) is 41.0 Å². The summed E-state index contributed by atoms with van der Waals surface area (Å²) in [5, 5.41) is 5.52. The lowest BCUT2D eigenvalue weighted by Gasteiger charge is -2.11. The largest absolute Gasteiger partial charge is 0.495 e. The minimum atomic E-state index is -0.282. The highest BCUT2D eigenvalue weighted by Gasteiger charge is 2.09. The van der Waals surface area contributed by atoms with Crippen LogP contribution in [0.4, 0.5) is 5.69 Å². The normalized spacial score (nSPS) is 10.2. The summed E-state index contributed by atoms with van der Waals surface area (Å²) in [6, 6.07) is 8.83. The van der Waals surface area contributed by atoms with Crippen molar-refractivity contribution in [3.05, 3.63) is 47.9 Å². The van der Waals surface area contributed by atoms with Crippen molar-refractivity contribution in [2.45, 2.75) is 19.8 Å². The Bertz CT molecular complexity index is 665. The van der Waals surface area contributed by atoms with Crippen LogP contribution in [0.5, 0.6) is 5.75 Å². The van der Waals surface area contributed by atoms with Crippen LogP contribution in [0.1, 0.15) is 29.0 Å². The average molecular weight is 316 g/mol. The number of furan rings is 1. The van der Waals surface area contributed by atoms with Gasteiger partial charge in [0, 0.05) is 13.0 Å². The molecule has 0 aliphatic rings. The van der Waals surface area contributed by atoms with Crippen LogP contribution in [-0.4, -0.2) is 25.5 Å². The van der Waals surface area contributed by atoms with Gasteiger partial charge in [0.1, 0.15) is 5.75 Å². The summed E-state index contributed by atoms with van der Waals surface area (Å²) in [4.78, 5) is 23.6. The third kappa shape index (κ3) is 4.88. The van der Waals surface area contributed by atoms with Gasteiger partial charge in [-0.25, -0.2) is 0 Å². The molecule has 0 saturated heterocycles. The van der Waals surface area contributed by atoms with Crippen LogP contribution >= 0.6 is 0 Å². The van der Waals surface area contributed by atoms with Gasteiger partial charge in [-0.3, -0.25) is 9.59 Å². The molecular formula is C17H20N2O4. The number of rotatable bonds is 7. The number of methoxy groups -OCH3 is 1. The van der Waals surface area contributed by atoms with Crippen molar-refractivity contribution >= 4 is 17.5 Å². The molecule has 0 spiro atoms. The van der Waals surface area contributed by atoms with E-state index in [2.05, 4.69) is 10.6 Å². The Morgan fingerprint density at radius 2 is 2.09 bits per heavy atom. The van der Waals surface area contributed by atoms with Crippen LogP contribution in [-0.2, 0) is 4.79 Å². The van der Waals surface area contributed by atoms with Gasteiger partial charge in [-0.05, 0) is 43.2 Å². The summed E-state index contributed by atoms with van der Waals surface area (Å²) in [6.45, 7) is 2.34. The molecule has 1 heterocycles. The molecule has 2 rings (SSSR count). The van der Waals surface area contributed by atoms with Crippen molar-refractivity contribution in [1.29, 1.82) is 0 Å². The molecule has 0 unspecified atom stereocenters. The van der Waals surface area contributed by atoms with Gasteiger partial charge in [0.05, 0.1) is 19.1 Å². The topological polar surface area (TPSA) is 80.6 Å². The molecule has 122 valence electrons. The van der Waals surface area contributed by atoms with E-state index in [1.54, 1.807) is 19.2 Å². The quantitative estimate of drug-likeness (QED) is 0.770. The van der Waals surface area contributed by atoms with Gasteiger partial charge in [-0.2, -0.15) is 0 Å². The molecule has 2 N–H and O–H groups in total. The lowest BCUT2D eigenvalue weighted by Crippen LogP contribution is -2.25. The number of carbonyl (C=O) groups is 2. The van der Waals surface area contributed by atoms with Crippen molar-refractivity contribution in [3.63, 3.8) is 0 Å². The zero-order valence-corrected chi connectivity index (χ0v) is 13.2. The lowest BCUT2D eigenvalue weighted by atomic mass is 10.2. The molecule has 23 heavy (non-hydrogen) atoms. The van der Waals surface area contributed by atoms with E-state index in [4.69, 9.17) is 9.15 Å². The third-order valence-corrected chi connectivity index (χ3v) is 3.24. The number of carbonyl (C=O) groups excluding carboxylic acids is 2. The van der Waals surface area contributed by atoms with Crippen LogP contribution in [0.2, 0.25) is 0 Å². The third-order valence-electron chi connectivity index (χ3n) is 3.24. The molecule has 2 aromatic rings. The molecule has 1 aromatic carbocycles. The fourth-order valence-corrected chi connectivity index (χ4v) is 2.08. The SMILES string of the molecule is COc1ccc(C)cc1NC(=O)CCCNC(=O)c1ccco1. The Balaban J connectivity index is 1.75. The molecule has 2 amide bonds. The second-order valence-corrected chi connectivity index (χ2v) is 5.09. The van der Waals surface area contributed by atoms with Crippen molar-refractivity contribution in [2.24, 2.45) is 0 Å². The number of ether oxygens (including phenoxy) is 1. The highest BCUT2D eigenvalue weighted by Crippen LogP contribution is 2.25. The average Bonchev–Trinajstić information content (AvgIpc) is 3.06. The van der Waals surface area contributed by atoms with Crippen molar-refractivity contribution in [1.82, 2.24) is 5.32 Å². The molecule has 1 aromatic heterocycles. The smallest absolute Gasteiger partial charge is 0.286 e. The molecule has 0 fully saturated rings. The summed E-state index contributed by atoms with van der Waals surface area (Å²) in [7, 11) is 1.56.